The molecule has 0 bridgehead atoms. The van der Waals surface area contributed by atoms with Crippen LogP contribution in [0.15, 0.2) is 97.9 Å². The van der Waals surface area contributed by atoms with E-state index in [-0.39, 0.29) is 0 Å². The number of aromatic nitrogens is 6. The number of aromatic amines is 2. The van der Waals surface area contributed by atoms with E-state index in [1.165, 1.54) is 5.56 Å². The van der Waals surface area contributed by atoms with Crippen molar-refractivity contribution in [3.8, 4) is 22.5 Å². The number of nitrogens with zero attached hydrogens (tertiary/aromatic N) is 4. The summed E-state index contributed by atoms with van der Waals surface area (Å²) >= 11 is 0. The molecule has 0 aliphatic carbocycles. The molecule has 1 aromatic carbocycles. The van der Waals surface area contributed by atoms with Crippen LogP contribution in [0.4, 0.5) is 5.69 Å². The Morgan fingerprint density at radius 2 is 1.79 bits per heavy atom. The number of fused-ring (bicyclic) bond motifs is 2. The van der Waals surface area contributed by atoms with Crippen LogP contribution in [0.3, 0.4) is 0 Å². The Morgan fingerprint density at radius 3 is 2.68 bits per heavy atom. The number of pyridine rings is 3. The quantitative estimate of drug-likeness (QED) is 0.305. The molecule has 7 nitrogen and oxygen atoms in total. The average molecular weight is 444 g/mol. The van der Waals surface area contributed by atoms with E-state index in [2.05, 4.69) is 72.4 Å². The lowest BCUT2D eigenvalue weighted by Crippen LogP contribution is -2.02. The molecule has 0 atom stereocenters. The van der Waals surface area contributed by atoms with Gasteiger partial charge in [0.25, 0.3) is 0 Å². The SMILES string of the molecule is C=C(Cc1ccccc1)Nc1cncc(-c2cnc3n[nH]c(-c4cc5cnccc5[nH]4)c3c2)c1. The average Bonchev–Trinajstić information content (AvgIpc) is 3.48. The summed E-state index contributed by atoms with van der Waals surface area (Å²) in [4.78, 5) is 16.6. The molecular weight excluding hydrogens is 422 g/mol. The Balaban J connectivity index is 1.30. The van der Waals surface area contributed by atoms with Gasteiger partial charge >= 0.3 is 0 Å². The van der Waals surface area contributed by atoms with E-state index in [0.29, 0.717) is 5.65 Å². The van der Waals surface area contributed by atoms with Gasteiger partial charge in [0.15, 0.2) is 5.65 Å². The molecule has 7 heteroatoms. The van der Waals surface area contributed by atoms with E-state index in [1.807, 2.05) is 42.9 Å². The fourth-order valence-electron chi connectivity index (χ4n) is 4.13. The van der Waals surface area contributed by atoms with Crippen LogP contribution in [0.1, 0.15) is 5.56 Å². The number of nitrogens with one attached hydrogen (secondary N) is 3. The van der Waals surface area contributed by atoms with Crippen molar-refractivity contribution in [2.45, 2.75) is 6.42 Å². The minimum absolute atomic E-state index is 0.661. The maximum atomic E-state index is 4.57. The lowest BCUT2D eigenvalue weighted by atomic mass is 10.1. The van der Waals surface area contributed by atoms with E-state index in [1.54, 1.807) is 12.4 Å². The molecule has 0 saturated heterocycles. The number of allylic oxidation sites excluding steroid dienone is 1. The molecule has 164 valence electrons. The first-order valence-corrected chi connectivity index (χ1v) is 10.9. The monoisotopic (exact) mass is 443 g/mol. The van der Waals surface area contributed by atoms with Crippen LogP contribution in [0.2, 0.25) is 0 Å². The zero-order chi connectivity index (χ0) is 22.9. The van der Waals surface area contributed by atoms with Crippen LogP contribution in [0, 0.1) is 0 Å². The van der Waals surface area contributed by atoms with Gasteiger partial charge in [-0.3, -0.25) is 15.1 Å². The van der Waals surface area contributed by atoms with Crippen LogP contribution in [-0.4, -0.2) is 30.1 Å². The first-order valence-electron chi connectivity index (χ1n) is 10.9. The zero-order valence-corrected chi connectivity index (χ0v) is 18.3. The van der Waals surface area contributed by atoms with Gasteiger partial charge in [0.05, 0.1) is 23.3 Å². The van der Waals surface area contributed by atoms with Gasteiger partial charge in [0.1, 0.15) is 0 Å². The lowest BCUT2D eigenvalue weighted by molar-refractivity contribution is 1.10. The number of hydrogen-bond donors (Lipinski definition) is 3. The number of anilines is 1. The van der Waals surface area contributed by atoms with Crippen LogP contribution in [0.25, 0.3) is 44.5 Å². The maximum Gasteiger partial charge on any atom is 0.181 e. The smallest absolute Gasteiger partial charge is 0.181 e. The zero-order valence-electron chi connectivity index (χ0n) is 18.3. The molecule has 0 spiro atoms. The summed E-state index contributed by atoms with van der Waals surface area (Å²) in [5.74, 6) is 0. The second kappa shape index (κ2) is 8.29. The third kappa shape index (κ3) is 3.80. The summed E-state index contributed by atoms with van der Waals surface area (Å²) in [5.41, 5.74) is 8.42. The highest BCUT2D eigenvalue weighted by Crippen LogP contribution is 2.31. The predicted molar refractivity (Wildman–Crippen MR) is 135 cm³/mol. The summed E-state index contributed by atoms with van der Waals surface area (Å²) in [6.45, 7) is 4.17. The highest BCUT2D eigenvalue weighted by molar-refractivity contribution is 5.95. The molecule has 6 rings (SSSR count). The third-order valence-corrected chi connectivity index (χ3v) is 5.75. The first kappa shape index (κ1) is 19.9. The largest absolute Gasteiger partial charge is 0.358 e. The van der Waals surface area contributed by atoms with E-state index in [0.717, 1.165) is 56.6 Å². The van der Waals surface area contributed by atoms with E-state index >= 15 is 0 Å². The fourth-order valence-corrected chi connectivity index (χ4v) is 4.13. The van der Waals surface area contributed by atoms with E-state index in [4.69, 9.17) is 0 Å². The minimum Gasteiger partial charge on any atom is -0.358 e. The Morgan fingerprint density at radius 1 is 0.912 bits per heavy atom. The molecular formula is C27H21N7. The topological polar surface area (TPSA) is 95.2 Å². The number of rotatable bonds is 6. The Kier molecular flexibility index (Phi) is 4.85. The minimum atomic E-state index is 0.661. The van der Waals surface area contributed by atoms with Crippen LogP contribution in [-0.2, 0) is 6.42 Å². The molecule has 0 saturated carbocycles. The van der Waals surface area contributed by atoms with Crippen molar-refractivity contribution in [3.63, 3.8) is 0 Å². The summed E-state index contributed by atoms with van der Waals surface area (Å²) < 4.78 is 0. The third-order valence-electron chi connectivity index (χ3n) is 5.75. The highest BCUT2D eigenvalue weighted by Gasteiger charge is 2.13. The van der Waals surface area contributed by atoms with Gasteiger partial charge in [-0.05, 0) is 29.8 Å². The van der Waals surface area contributed by atoms with Gasteiger partial charge in [-0.15, -0.1) is 0 Å². The van der Waals surface area contributed by atoms with Crippen molar-refractivity contribution in [1.82, 2.24) is 30.1 Å². The van der Waals surface area contributed by atoms with Gasteiger partial charge in [-0.1, -0.05) is 36.9 Å². The van der Waals surface area contributed by atoms with Gasteiger partial charge < -0.3 is 10.3 Å². The van der Waals surface area contributed by atoms with Crippen molar-refractivity contribution in [2.24, 2.45) is 0 Å². The first-order chi connectivity index (χ1) is 16.7. The Bertz CT molecular complexity index is 1600. The second-order valence-corrected chi connectivity index (χ2v) is 8.19. The number of hydrogen-bond acceptors (Lipinski definition) is 5. The standard InChI is InChI=1S/C27H21N7/c1-17(9-18-5-3-2-4-6-18)31-22-10-19(13-29-16-22)20-11-23-26(33-34-27(23)30-15-20)25-12-21-14-28-8-7-24(21)32-25/h2-8,10-16,31-32H,1,9H2,(H,30,33,34). The summed E-state index contributed by atoms with van der Waals surface area (Å²) in [5, 5.41) is 12.9. The molecule has 0 amide bonds. The summed E-state index contributed by atoms with van der Waals surface area (Å²) in [6.07, 6.45) is 9.82. The lowest BCUT2D eigenvalue weighted by Gasteiger charge is -2.11. The molecule has 0 aliphatic heterocycles. The van der Waals surface area contributed by atoms with Gasteiger partial charge in [0.2, 0.25) is 0 Å². The van der Waals surface area contributed by atoms with Gasteiger partial charge in [0, 0.05) is 64.3 Å². The van der Waals surface area contributed by atoms with Crippen LogP contribution in [0.5, 0.6) is 0 Å². The Hall–Kier alpha value is -4.78. The van der Waals surface area contributed by atoms with Crippen molar-refractivity contribution in [1.29, 1.82) is 0 Å². The van der Waals surface area contributed by atoms with E-state index in [9.17, 15) is 0 Å². The maximum absolute atomic E-state index is 4.57. The summed E-state index contributed by atoms with van der Waals surface area (Å²) in [6, 6.07) is 18.4. The molecule has 0 unspecified atom stereocenters. The molecule has 3 N–H and O–H groups in total. The Labute approximate surface area is 195 Å². The number of benzene rings is 1. The van der Waals surface area contributed by atoms with Crippen LogP contribution < -0.4 is 5.32 Å². The van der Waals surface area contributed by atoms with Crippen molar-refractivity contribution in [3.05, 3.63) is 103 Å². The summed E-state index contributed by atoms with van der Waals surface area (Å²) in [7, 11) is 0. The molecule has 5 heterocycles. The van der Waals surface area contributed by atoms with Crippen molar-refractivity contribution >= 4 is 27.6 Å². The van der Waals surface area contributed by atoms with Crippen molar-refractivity contribution < 1.29 is 0 Å². The molecule has 0 radical (unpaired) electrons. The van der Waals surface area contributed by atoms with Gasteiger partial charge in [-0.25, -0.2) is 4.98 Å². The van der Waals surface area contributed by atoms with E-state index < -0.39 is 0 Å². The second-order valence-electron chi connectivity index (χ2n) is 8.19. The van der Waals surface area contributed by atoms with Crippen LogP contribution >= 0.6 is 0 Å². The molecule has 6 aromatic rings. The normalized spacial score (nSPS) is 11.2. The molecule has 5 aromatic heterocycles. The fraction of sp³-hybridized carbons (Fsp3) is 0.0370. The highest BCUT2D eigenvalue weighted by atomic mass is 15.2. The molecule has 34 heavy (non-hydrogen) atoms. The number of H-pyrrole nitrogens is 2. The molecule has 0 aliphatic rings. The molecule has 0 fully saturated rings. The van der Waals surface area contributed by atoms with Crippen molar-refractivity contribution in [2.75, 3.05) is 5.32 Å². The predicted octanol–water partition coefficient (Wildman–Crippen LogP) is 5.73. The van der Waals surface area contributed by atoms with Gasteiger partial charge in [-0.2, -0.15) is 5.10 Å².